The molecule has 9 heteroatoms. The second-order valence-electron chi connectivity index (χ2n) is 8.33. The maximum atomic E-state index is 12.7. The summed E-state index contributed by atoms with van der Waals surface area (Å²) in [6, 6.07) is 7.87. The number of sulfone groups is 1. The highest BCUT2D eigenvalue weighted by Crippen LogP contribution is 2.32. The smallest absolute Gasteiger partial charge is 0.250 e. The Labute approximate surface area is 186 Å². The van der Waals surface area contributed by atoms with Crippen LogP contribution >= 0.6 is 11.6 Å². The van der Waals surface area contributed by atoms with Crippen molar-refractivity contribution in [3.63, 3.8) is 0 Å². The third-order valence-corrected chi connectivity index (χ3v) is 7.40. The van der Waals surface area contributed by atoms with E-state index in [1.54, 1.807) is 53.8 Å². The highest BCUT2D eigenvalue weighted by Gasteiger charge is 2.29. The van der Waals surface area contributed by atoms with E-state index in [9.17, 15) is 13.2 Å². The lowest BCUT2D eigenvalue weighted by Gasteiger charge is -2.19. The van der Waals surface area contributed by atoms with Crippen molar-refractivity contribution in [3.05, 3.63) is 64.3 Å². The molecule has 0 fully saturated rings. The molecule has 3 aromatic rings. The molecular formula is C22H27ClN3O4S+. The molecule has 1 aromatic carbocycles. The molecule has 2 aromatic heterocycles. The monoisotopic (exact) mass is 464 g/mol. The summed E-state index contributed by atoms with van der Waals surface area (Å²) >= 11 is 6.43. The van der Waals surface area contributed by atoms with Crippen LogP contribution < -0.4 is 5.56 Å². The van der Waals surface area contributed by atoms with Gasteiger partial charge in [0, 0.05) is 46.6 Å². The second-order valence-corrected chi connectivity index (χ2v) is 10.7. The molecule has 0 aliphatic carbocycles. The Balaban J connectivity index is 1.91. The molecule has 0 saturated carbocycles. The van der Waals surface area contributed by atoms with Crippen molar-refractivity contribution in [2.75, 3.05) is 12.4 Å². The van der Waals surface area contributed by atoms with Crippen LogP contribution in [0.2, 0.25) is 5.02 Å². The zero-order valence-corrected chi connectivity index (χ0v) is 19.4. The van der Waals surface area contributed by atoms with Gasteiger partial charge in [-0.25, -0.2) is 13.1 Å². The summed E-state index contributed by atoms with van der Waals surface area (Å²) in [5.41, 5.74) is 1.43. The van der Waals surface area contributed by atoms with Crippen LogP contribution in [-0.2, 0) is 16.4 Å². The Hall–Kier alpha value is -2.42. The van der Waals surface area contributed by atoms with Gasteiger partial charge in [-0.3, -0.25) is 4.79 Å². The van der Waals surface area contributed by atoms with Gasteiger partial charge < -0.3 is 9.67 Å². The van der Waals surface area contributed by atoms with Crippen molar-refractivity contribution < 1.29 is 13.5 Å². The molecule has 2 N–H and O–H groups in total. The minimum Gasteiger partial charge on any atom is -0.445 e. The fraction of sp³-hybridized carbons (Fsp3) is 0.364. The number of hydrogen-bond donors (Lipinski definition) is 0. The standard InChI is InChI=1S/C22H26ClN3O4S/c1-4-9-25-13-17(5-8-21(25)28)26-12-16(11-24-26)19-7-6-18(10-20(19)23)31(29,30)15-22(2,3)14-27/h5-8,10-13,27H,4,9,14-15H2,1-3H3/p+1. The van der Waals surface area contributed by atoms with E-state index >= 15 is 0 Å². The largest absolute Gasteiger partial charge is 0.445 e. The first-order valence-electron chi connectivity index (χ1n) is 9.99. The van der Waals surface area contributed by atoms with Gasteiger partial charge in [-0.05, 0) is 24.6 Å². The second kappa shape index (κ2) is 8.98. The Morgan fingerprint density at radius 1 is 1.16 bits per heavy atom. The van der Waals surface area contributed by atoms with Gasteiger partial charge in [-0.15, -0.1) is 0 Å². The molecular weight excluding hydrogens is 438 g/mol. The maximum Gasteiger partial charge on any atom is 0.250 e. The van der Waals surface area contributed by atoms with Gasteiger partial charge in [0.05, 0.1) is 22.5 Å². The van der Waals surface area contributed by atoms with E-state index in [0.717, 1.165) is 17.7 Å². The molecule has 0 amide bonds. The molecule has 2 heterocycles. The molecule has 3 rings (SSSR count). The van der Waals surface area contributed by atoms with Crippen molar-refractivity contribution >= 4 is 21.4 Å². The Morgan fingerprint density at radius 2 is 1.90 bits per heavy atom. The third-order valence-electron chi connectivity index (χ3n) is 4.95. The van der Waals surface area contributed by atoms with Gasteiger partial charge in [0.1, 0.15) is 6.61 Å². The Kier molecular flexibility index (Phi) is 6.73. The molecule has 0 unspecified atom stereocenters. The lowest BCUT2D eigenvalue weighted by atomic mass is 9.98. The van der Waals surface area contributed by atoms with Crippen molar-refractivity contribution in [1.29, 1.82) is 0 Å². The number of halogens is 1. The number of hydrogen-bond acceptors (Lipinski definition) is 4. The van der Waals surface area contributed by atoms with Crippen LogP contribution in [0.1, 0.15) is 27.2 Å². The van der Waals surface area contributed by atoms with Gasteiger partial charge in [-0.2, -0.15) is 5.10 Å². The lowest BCUT2D eigenvalue weighted by Crippen LogP contribution is -2.27. The third kappa shape index (κ3) is 5.26. The highest BCUT2D eigenvalue weighted by molar-refractivity contribution is 7.91. The highest BCUT2D eigenvalue weighted by atomic mass is 35.5. The van der Waals surface area contributed by atoms with Crippen LogP contribution in [0.25, 0.3) is 16.8 Å². The molecule has 0 aliphatic heterocycles. The summed E-state index contributed by atoms with van der Waals surface area (Å²) < 4.78 is 28.7. The zero-order valence-electron chi connectivity index (χ0n) is 17.8. The molecule has 0 aliphatic rings. The Bertz CT molecular complexity index is 1250. The van der Waals surface area contributed by atoms with Crippen LogP contribution in [0.3, 0.4) is 0 Å². The molecule has 0 saturated heterocycles. The molecule has 0 atom stereocenters. The van der Waals surface area contributed by atoms with Crippen molar-refractivity contribution in [2.24, 2.45) is 5.41 Å². The molecule has 31 heavy (non-hydrogen) atoms. The lowest BCUT2D eigenvalue weighted by molar-refractivity contribution is 0.179. The molecule has 0 bridgehead atoms. The predicted molar refractivity (Wildman–Crippen MR) is 123 cm³/mol. The molecule has 7 nitrogen and oxygen atoms in total. The van der Waals surface area contributed by atoms with E-state index < -0.39 is 15.3 Å². The van der Waals surface area contributed by atoms with Gasteiger partial charge in [0.15, 0.2) is 9.84 Å². The first-order chi connectivity index (χ1) is 14.6. The number of rotatable bonds is 8. The van der Waals surface area contributed by atoms with Crippen molar-refractivity contribution in [2.45, 2.75) is 38.6 Å². The Morgan fingerprint density at radius 3 is 2.55 bits per heavy atom. The van der Waals surface area contributed by atoms with E-state index in [1.807, 2.05) is 6.92 Å². The van der Waals surface area contributed by atoms with E-state index in [2.05, 4.69) is 5.10 Å². The van der Waals surface area contributed by atoms with Gasteiger partial charge in [0.25, 0.3) is 5.56 Å². The van der Waals surface area contributed by atoms with E-state index in [4.69, 9.17) is 16.7 Å². The molecule has 0 spiro atoms. The zero-order chi connectivity index (χ0) is 22.8. The van der Waals surface area contributed by atoms with Gasteiger partial charge >= 0.3 is 0 Å². The van der Waals surface area contributed by atoms with Crippen LogP contribution in [0.15, 0.2) is 58.6 Å². The van der Waals surface area contributed by atoms with E-state index in [-0.39, 0.29) is 22.8 Å². The number of nitrogens with zero attached hydrogens (tertiary/aromatic N) is 3. The fourth-order valence-electron chi connectivity index (χ4n) is 3.25. The van der Waals surface area contributed by atoms with E-state index in [1.165, 1.54) is 18.2 Å². The topological polar surface area (TPSA) is 96.9 Å². The van der Waals surface area contributed by atoms with E-state index in [0.29, 0.717) is 17.1 Å². The van der Waals surface area contributed by atoms with Crippen LogP contribution in [0, 0.1) is 5.41 Å². The molecule has 166 valence electrons. The van der Waals surface area contributed by atoms with Gasteiger partial charge in [-0.1, -0.05) is 38.4 Å². The summed E-state index contributed by atoms with van der Waals surface area (Å²) in [5.74, 6) is -0.120. The van der Waals surface area contributed by atoms with Crippen molar-refractivity contribution in [3.8, 4) is 16.8 Å². The fourth-order valence-corrected chi connectivity index (χ4v) is 5.47. The van der Waals surface area contributed by atoms with Crippen LogP contribution in [0.4, 0.5) is 0 Å². The summed E-state index contributed by atoms with van der Waals surface area (Å²) in [5, 5.41) is 12.2. The number of aromatic nitrogens is 3. The number of aryl methyl sites for hydroxylation is 1. The summed E-state index contributed by atoms with van der Waals surface area (Å²) in [7, 11) is -3.56. The molecule has 0 radical (unpaired) electrons. The SMILES string of the molecule is CCCn1cc(-n2cc(-c3ccc(S(=O)(=O)CC(C)(C)C[OH2+])cc3Cl)cn2)ccc1=O. The number of benzene rings is 1. The number of pyridine rings is 1. The van der Waals surface area contributed by atoms with Crippen LogP contribution in [-0.4, -0.2) is 40.2 Å². The minimum absolute atomic E-state index is 0.0167. The summed E-state index contributed by atoms with van der Waals surface area (Å²) in [6.07, 6.45) is 6.04. The van der Waals surface area contributed by atoms with Crippen molar-refractivity contribution in [1.82, 2.24) is 14.3 Å². The summed E-state index contributed by atoms with van der Waals surface area (Å²) in [4.78, 5) is 12.1. The van der Waals surface area contributed by atoms with Crippen LogP contribution in [0.5, 0.6) is 0 Å². The average molecular weight is 465 g/mol. The predicted octanol–water partition coefficient (Wildman–Crippen LogP) is 3.29. The van der Waals surface area contributed by atoms with Gasteiger partial charge in [0.2, 0.25) is 0 Å². The quantitative estimate of drug-likeness (QED) is 0.478. The minimum atomic E-state index is -3.56. The maximum absolute atomic E-state index is 12.7. The normalized spacial score (nSPS) is 12.3. The average Bonchev–Trinajstić information content (AvgIpc) is 3.19. The summed E-state index contributed by atoms with van der Waals surface area (Å²) in [6.45, 7) is 6.16. The first kappa shape index (κ1) is 23.2. The first-order valence-corrected chi connectivity index (χ1v) is 12.0.